The lowest BCUT2D eigenvalue weighted by atomic mass is 9.82. The molecule has 1 unspecified atom stereocenters. The number of aromatic nitrogens is 2. The van der Waals surface area contributed by atoms with Gasteiger partial charge in [-0.15, -0.1) is 0 Å². The molecule has 19 heavy (non-hydrogen) atoms. The van der Waals surface area contributed by atoms with Gasteiger partial charge in [-0.05, 0) is 38.9 Å². The van der Waals surface area contributed by atoms with E-state index in [9.17, 15) is 5.11 Å². The molecular formula is C15H29N3O. The standard InChI is InChI=1S/C15H29N3O/c1-6-15(7-2,17(8-3)9-4)14(19)13-11-12-16-18(13)10-5/h11-12,14,19H,6-10H2,1-5H3. The van der Waals surface area contributed by atoms with Gasteiger partial charge in [0.05, 0.1) is 11.2 Å². The van der Waals surface area contributed by atoms with Gasteiger partial charge >= 0.3 is 0 Å². The number of aliphatic hydroxyl groups is 1. The van der Waals surface area contributed by atoms with Crippen molar-refractivity contribution in [2.45, 2.75) is 65.6 Å². The third-order valence-corrected chi connectivity index (χ3v) is 4.46. The van der Waals surface area contributed by atoms with Gasteiger partial charge in [-0.25, -0.2) is 0 Å². The molecule has 1 atom stereocenters. The van der Waals surface area contributed by atoms with Gasteiger partial charge in [0.1, 0.15) is 6.10 Å². The summed E-state index contributed by atoms with van der Waals surface area (Å²) in [4.78, 5) is 2.38. The molecule has 0 aromatic carbocycles. The lowest BCUT2D eigenvalue weighted by Gasteiger charge is -2.45. The Hall–Kier alpha value is -0.870. The predicted octanol–water partition coefficient (Wildman–Crippen LogP) is 2.84. The van der Waals surface area contributed by atoms with Crippen molar-refractivity contribution in [1.29, 1.82) is 0 Å². The fraction of sp³-hybridized carbons (Fsp3) is 0.800. The highest BCUT2D eigenvalue weighted by molar-refractivity contribution is 5.12. The van der Waals surface area contributed by atoms with Crippen LogP contribution in [0.25, 0.3) is 0 Å². The highest BCUT2D eigenvalue weighted by Gasteiger charge is 2.41. The van der Waals surface area contributed by atoms with E-state index in [1.54, 1.807) is 6.20 Å². The van der Waals surface area contributed by atoms with E-state index in [0.29, 0.717) is 0 Å². The first-order valence-corrected chi connectivity index (χ1v) is 7.55. The normalized spacial score (nSPS) is 14.1. The van der Waals surface area contributed by atoms with Crippen LogP contribution in [0.2, 0.25) is 0 Å². The van der Waals surface area contributed by atoms with Crippen molar-refractivity contribution in [1.82, 2.24) is 14.7 Å². The van der Waals surface area contributed by atoms with Crippen molar-refractivity contribution in [2.24, 2.45) is 0 Å². The Morgan fingerprint density at radius 1 is 1.21 bits per heavy atom. The number of likely N-dealkylation sites (N-methyl/N-ethyl adjacent to an activating group) is 1. The maximum absolute atomic E-state index is 11.0. The summed E-state index contributed by atoms with van der Waals surface area (Å²) in [6.45, 7) is 13.4. The van der Waals surface area contributed by atoms with Crippen LogP contribution in [0.1, 0.15) is 59.3 Å². The molecule has 0 bridgehead atoms. The molecule has 0 aliphatic heterocycles. The fourth-order valence-corrected chi connectivity index (χ4v) is 3.22. The Kier molecular flexibility index (Phi) is 6.01. The summed E-state index contributed by atoms with van der Waals surface area (Å²) in [6.07, 6.45) is 3.15. The van der Waals surface area contributed by atoms with Crippen LogP contribution in [0, 0.1) is 0 Å². The van der Waals surface area contributed by atoms with Crippen molar-refractivity contribution in [2.75, 3.05) is 13.1 Å². The van der Waals surface area contributed by atoms with E-state index in [-0.39, 0.29) is 5.54 Å². The number of hydrogen-bond acceptors (Lipinski definition) is 3. The second-order valence-corrected chi connectivity index (χ2v) is 4.96. The average Bonchev–Trinajstić information content (AvgIpc) is 2.92. The van der Waals surface area contributed by atoms with Crippen molar-refractivity contribution in [3.8, 4) is 0 Å². The van der Waals surface area contributed by atoms with E-state index in [4.69, 9.17) is 0 Å². The zero-order chi connectivity index (χ0) is 14.5. The molecule has 1 rings (SSSR count). The minimum absolute atomic E-state index is 0.198. The van der Waals surface area contributed by atoms with Gasteiger partial charge in [-0.2, -0.15) is 5.10 Å². The van der Waals surface area contributed by atoms with Gasteiger partial charge in [0.25, 0.3) is 0 Å². The van der Waals surface area contributed by atoms with Gasteiger partial charge < -0.3 is 5.11 Å². The molecule has 0 radical (unpaired) electrons. The summed E-state index contributed by atoms with van der Waals surface area (Å²) < 4.78 is 1.90. The Labute approximate surface area is 117 Å². The molecular weight excluding hydrogens is 238 g/mol. The van der Waals surface area contributed by atoms with Crippen molar-refractivity contribution in [3.63, 3.8) is 0 Å². The molecule has 1 heterocycles. The van der Waals surface area contributed by atoms with Crippen LogP contribution in [-0.2, 0) is 6.54 Å². The monoisotopic (exact) mass is 267 g/mol. The van der Waals surface area contributed by atoms with Crippen molar-refractivity contribution >= 4 is 0 Å². The molecule has 1 N–H and O–H groups in total. The minimum Gasteiger partial charge on any atom is -0.385 e. The molecule has 0 saturated carbocycles. The van der Waals surface area contributed by atoms with Gasteiger partial charge in [0.2, 0.25) is 0 Å². The molecule has 0 aliphatic carbocycles. The first kappa shape index (κ1) is 16.2. The predicted molar refractivity (Wildman–Crippen MR) is 79.1 cm³/mol. The number of aryl methyl sites for hydroxylation is 1. The van der Waals surface area contributed by atoms with E-state index < -0.39 is 6.10 Å². The van der Waals surface area contributed by atoms with Crippen LogP contribution < -0.4 is 0 Å². The van der Waals surface area contributed by atoms with E-state index in [0.717, 1.165) is 38.2 Å². The fourth-order valence-electron chi connectivity index (χ4n) is 3.22. The molecule has 0 fully saturated rings. The quantitative estimate of drug-likeness (QED) is 0.787. The summed E-state index contributed by atoms with van der Waals surface area (Å²) in [5, 5.41) is 15.2. The average molecular weight is 267 g/mol. The van der Waals surface area contributed by atoms with E-state index >= 15 is 0 Å². The summed E-state index contributed by atoms with van der Waals surface area (Å²) in [5.74, 6) is 0. The van der Waals surface area contributed by atoms with Crippen LogP contribution in [0.3, 0.4) is 0 Å². The lowest BCUT2D eigenvalue weighted by Crippen LogP contribution is -2.52. The van der Waals surface area contributed by atoms with E-state index in [1.807, 2.05) is 10.7 Å². The number of hydrogen-bond donors (Lipinski definition) is 1. The van der Waals surface area contributed by atoms with Gasteiger partial charge in [-0.1, -0.05) is 27.7 Å². The number of nitrogens with zero attached hydrogens (tertiary/aromatic N) is 3. The second kappa shape index (κ2) is 7.06. The number of rotatable bonds is 8. The van der Waals surface area contributed by atoms with E-state index in [1.165, 1.54) is 0 Å². The second-order valence-electron chi connectivity index (χ2n) is 4.96. The molecule has 1 aromatic heterocycles. The summed E-state index contributed by atoms with van der Waals surface area (Å²) in [6, 6.07) is 1.94. The zero-order valence-electron chi connectivity index (χ0n) is 13.1. The molecule has 0 amide bonds. The molecule has 0 spiro atoms. The van der Waals surface area contributed by atoms with Gasteiger partial charge in [0, 0.05) is 12.7 Å². The Morgan fingerprint density at radius 2 is 1.79 bits per heavy atom. The SMILES string of the molecule is CCN(CC)C(CC)(CC)C(O)c1ccnn1CC. The molecule has 1 aromatic rings. The van der Waals surface area contributed by atoms with Crippen LogP contribution in [0.4, 0.5) is 0 Å². The van der Waals surface area contributed by atoms with Crippen molar-refractivity contribution < 1.29 is 5.11 Å². The van der Waals surface area contributed by atoms with E-state index in [2.05, 4.69) is 44.6 Å². The summed E-state index contributed by atoms with van der Waals surface area (Å²) >= 11 is 0. The third kappa shape index (κ3) is 2.84. The molecule has 110 valence electrons. The first-order valence-electron chi connectivity index (χ1n) is 7.55. The van der Waals surface area contributed by atoms with Crippen LogP contribution >= 0.6 is 0 Å². The van der Waals surface area contributed by atoms with Crippen molar-refractivity contribution in [3.05, 3.63) is 18.0 Å². The molecule has 4 nitrogen and oxygen atoms in total. The summed E-state index contributed by atoms with van der Waals surface area (Å²) in [7, 11) is 0. The topological polar surface area (TPSA) is 41.3 Å². The summed E-state index contributed by atoms with van der Waals surface area (Å²) in [5.41, 5.74) is 0.731. The maximum atomic E-state index is 11.0. The Bertz CT molecular complexity index is 367. The molecule has 0 saturated heterocycles. The highest BCUT2D eigenvalue weighted by Crippen LogP contribution is 2.37. The molecule has 0 aliphatic rings. The van der Waals surface area contributed by atoms with Gasteiger partial charge in [0.15, 0.2) is 0 Å². The minimum atomic E-state index is -0.496. The largest absolute Gasteiger partial charge is 0.385 e. The Morgan fingerprint density at radius 3 is 2.21 bits per heavy atom. The maximum Gasteiger partial charge on any atom is 0.114 e. The third-order valence-electron chi connectivity index (χ3n) is 4.46. The van der Waals surface area contributed by atoms with Crippen LogP contribution in [0.5, 0.6) is 0 Å². The Balaban J connectivity index is 3.18. The highest BCUT2D eigenvalue weighted by atomic mass is 16.3. The molecule has 4 heteroatoms. The van der Waals surface area contributed by atoms with Crippen LogP contribution in [0.15, 0.2) is 12.3 Å². The number of aliphatic hydroxyl groups excluding tert-OH is 1. The zero-order valence-corrected chi connectivity index (χ0v) is 13.1. The van der Waals surface area contributed by atoms with Crippen LogP contribution in [-0.4, -0.2) is 38.4 Å². The smallest absolute Gasteiger partial charge is 0.114 e. The lowest BCUT2D eigenvalue weighted by molar-refractivity contribution is -0.0407. The van der Waals surface area contributed by atoms with Gasteiger partial charge in [-0.3, -0.25) is 9.58 Å². The first-order chi connectivity index (χ1) is 9.11.